The van der Waals surface area contributed by atoms with Crippen LogP contribution in [0.25, 0.3) is 0 Å². The topological polar surface area (TPSA) is 82.5 Å². The molecule has 1 saturated carbocycles. The second-order valence-corrected chi connectivity index (χ2v) is 8.49. The van der Waals surface area contributed by atoms with Gasteiger partial charge in [0, 0.05) is 30.4 Å². The number of hydrogen-bond acceptors (Lipinski definition) is 5. The molecule has 4 rings (SSSR count). The zero-order chi connectivity index (χ0) is 18.8. The Morgan fingerprint density at radius 3 is 2.70 bits per heavy atom. The number of nitrogens with one attached hydrogen (secondary N) is 1. The van der Waals surface area contributed by atoms with E-state index in [-0.39, 0.29) is 11.8 Å². The summed E-state index contributed by atoms with van der Waals surface area (Å²) >= 11 is 1.53. The predicted octanol–water partition coefficient (Wildman–Crippen LogP) is 3.49. The summed E-state index contributed by atoms with van der Waals surface area (Å²) in [7, 11) is 0. The Morgan fingerprint density at radius 2 is 1.96 bits per heavy atom. The molecule has 7 heteroatoms. The lowest BCUT2D eigenvalue weighted by molar-refractivity contribution is -0.143. The summed E-state index contributed by atoms with van der Waals surface area (Å²) < 4.78 is 0. The fourth-order valence-corrected chi connectivity index (χ4v) is 4.98. The van der Waals surface area contributed by atoms with Crippen LogP contribution in [0.3, 0.4) is 0 Å². The van der Waals surface area contributed by atoms with Gasteiger partial charge in [0.1, 0.15) is 0 Å². The van der Waals surface area contributed by atoms with Crippen molar-refractivity contribution in [1.29, 1.82) is 0 Å². The maximum absolute atomic E-state index is 12.5. The van der Waals surface area contributed by atoms with Gasteiger partial charge in [0.05, 0.1) is 11.6 Å². The minimum atomic E-state index is -0.792. The first-order chi connectivity index (χ1) is 13.1. The third-order valence-electron chi connectivity index (χ3n) is 5.39. The van der Waals surface area contributed by atoms with E-state index in [2.05, 4.69) is 27.3 Å². The maximum atomic E-state index is 12.5. The highest BCUT2D eigenvalue weighted by atomic mass is 32.1. The first kappa shape index (κ1) is 18.1. The van der Waals surface area contributed by atoms with Gasteiger partial charge in [-0.1, -0.05) is 36.8 Å². The predicted molar refractivity (Wildman–Crippen MR) is 103 cm³/mol. The maximum Gasteiger partial charge on any atom is 0.306 e. The lowest BCUT2D eigenvalue weighted by atomic mass is 9.81. The van der Waals surface area contributed by atoms with Gasteiger partial charge in [0.25, 0.3) is 0 Å². The molecule has 0 unspecified atom stereocenters. The lowest BCUT2D eigenvalue weighted by Crippen LogP contribution is -2.30. The highest BCUT2D eigenvalue weighted by Gasteiger charge is 2.32. The number of carbonyl (C=O) groups is 2. The molecule has 1 aliphatic heterocycles. The number of amides is 1. The number of carbonyl (C=O) groups excluding carboxylic acids is 1. The van der Waals surface area contributed by atoms with Crippen LogP contribution in [0, 0.1) is 11.8 Å². The fraction of sp³-hybridized carbons (Fsp3) is 0.450. The summed E-state index contributed by atoms with van der Waals surface area (Å²) in [5.74, 6) is -1.51. The first-order valence-electron chi connectivity index (χ1n) is 9.37. The van der Waals surface area contributed by atoms with E-state index in [0.717, 1.165) is 38.2 Å². The summed E-state index contributed by atoms with van der Waals surface area (Å²) in [6, 6.07) is 10.4. The van der Waals surface area contributed by atoms with E-state index < -0.39 is 11.9 Å². The number of rotatable bonds is 5. The third kappa shape index (κ3) is 4.20. The number of fused-ring (bicyclic) bond motifs is 1. The zero-order valence-corrected chi connectivity index (χ0v) is 15.9. The van der Waals surface area contributed by atoms with Gasteiger partial charge in [-0.05, 0) is 24.8 Å². The van der Waals surface area contributed by atoms with Crippen molar-refractivity contribution in [1.82, 2.24) is 9.88 Å². The number of aromatic nitrogens is 1. The average molecular weight is 385 g/mol. The molecule has 2 atom stereocenters. The van der Waals surface area contributed by atoms with Crippen LogP contribution < -0.4 is 5.32 Å². The highest BCUT2D eigenvalue weighted by Crippen LogP contribution is 2.34. The monoisotopic (exact) mass is 385 g/mol. The zero-order valence-electron chi connectivity index (χ0n) is 15.1. The molecule has 2 heterocycles. The molecule has 2 aliphatic rings. The summed E-state index contributed by atoms with van der Waals surface area (Å²) in [6.45, 7) is 2.54. The molecule has 0 radical (unpaired) electrons. The van der Waals surface area contributed by atoms with Crippen LogP contribution in [0.4, 0.5) is 5.13 Å². The molecular weight excluding hydrogens is 362 g/mol. The van der Waals surface area contributed by atoms with E-state index in [1.165, 1.54) is 21.8 Å². The molecule has 6 nitrogen and oxygen atoms in total. The Hall–Kier alpha value is -2.25. The molecule has 0 spiro atoms. The third-order valence-corrected chi connectivity index (χ3v) is 6.39. The molecule has 142 valence electrons. The van der Waals surface area contributed by atoms with Gasteiger partial charge in [0.15, 0.2) is 5.13 Å². The van der Waals surface area contributed by atoms with Crippen LogP contribution in [0.15, 0.2) is 30.3 Å². The van der Waals surface area contributed by atoms with Crippen molar-refractivity contribution in [2.24, 2.45) is 11.8 Å². The van der Waals surface area contributed by atoms with Crippen LogP contribution in [-0.2, 0) is 29.2 Å². The number of anilines is 1. The van der Waals surface area contributed by atoms with E-state index in [4.69, 9.17) is 0 Å². The number of carboxylic acids is 1. The Kier molecular flexibility index (Phi) is 5.22. The Morgan fingerprint density at radius 1 is 1.19 bits per heavy atom. The molecule has 1 amide bonds. The highest BCUT2D eigenvalue weighted by molar-refractivity contribution is 7.15. The van der Waals surface area contributed by atoms with Crippen molar-refractivity contribution < 1.29 is 14.7 Å². The van der Waals surface area contributed by atoms with Gasteiger partial charge in [-0.2, -0.15) is 0 Å². The molecule has 1 fully saturated rings. The second-order valence-electron chi connectivity index (χ2n) is 7.41. The van der Waals surface area contributed by atoms with Gasteiger partial charge in [-0.25, -0.2) is 4.98 Å². The van der Waals surface area contributed by atoms with Crippen LogP contribution in [0.1, 0.15) is 41.8 Å². The van der Waals surface area contributed by atoms with Crippen LogP contribution in [-0.4, -0.2) is 26.9 Å². The van der Waals surface area contributed by atoms with Crippen molar-refractivity contribution in [3.8, 4) is 0 Å². The number of hydrogen-bond donors (Lipinski definition) is 2. The van der Waals surface area contributed by atoms with Gasteiger partial charge >= 0.3 is 5.97 Å². The molecular formula is C20H23N3O3S. The van der Waals surface area contributed by atoms with Crippen molar-refractivity contribution in [2.45, 2.75) is 45.3 Å². The van der Waals surface area contributed by atoms with Crippen LogP contribution in [0.5, 0.6) is 0 Å². The number of aliphatic carboxylic acids is 1. The number of thiazole rings is 1. The Bertz CT molecular complexity index is 813. The van der Waals surface area contributed by atoms with Crippen LogP contribution in [0.2, 0.25) is 0 Å². The summed E-state index contributed by atoms with van der Waals surface area (Å²) in [5.41, 5.74) is 2.32. The minimum Gasteiger partial charge on any atom is -0.481 e. The molecule has 2 N–H and O–H groups in total. The Labute approximate surface area is 162 Å². The fourth-order valence-electron chi connectivity index (χ4n) is 3.97. The first-order valence-corrected chi connectivity index (χ1v) is 10.2. The number of nitrogens with zero attached hydrogens (tertiary/aromatic N) is 2. The van der Waals surface area contributed by atoms with E-state index in [1.54, 1.807) is 0 Å². The number of carboxylic acid groups (broad SMARTS) is 1. The van der Waals surface area contributed by atoms with Crippen molar-refractivity contribution in [3.63, 3.8) is 0 Å². The molecule has 2 aromatic rings. The van der Waals surface area contributed by atoms with Crippen molar-refractivity contribution in [3.05, 3.63) is 46.5 Å². The van der Waals surface area contributed by atoms with Crippen molar-refractivity contribution in [2.75, 3.05) is 5.32 Å². The van der Waals surface area contributed by atoms with Crippen LogP contribution >= 0.6 is 11.3 Å². The van der Waals surface area contributed by atoms with Crippen molar-refractivity contribution >= 4 is 28.3 Å². The molecule has 1 aromatic heterocycles. The lowest BCUT2D eigenvalue weighted by Gasteiger charge is -2.25. The van der Waals surface area contributed by atoms with E-state index >= 15 is 0 Å². The molecule has 27 heavy (non-hydrogen) atoms. The quantitative estimate of drug-likeness (QED) is 0.823. The number of benzene rings is 1. The normalized spacial score (nSPS) is 22.4. The standard InChI is InChI=1S/C20H23N3O3S/c24-18(14-7-4-8-15(9-14)19(25)26)22-20-21-16-11-23(12-17(16)27-20)10-13-5-2-1-3-6-13/h1-3,5-6,14-15H,4,7-12H2,(H,25,26)(H,21,22,24)/t14-,15+/m1/s1. The summed E-state index contributed by atoms with van der Waals surface area (Å²) in [4.78, 5) is 31.9. The second kappa shape index (κ2) is 7.78. The summed E-state index contributed by atoms with van der Waals surface area (Å²) in [5, 5.41) is 12.8. The summed E-state index contributed by atoms with van der Waals surface area (Å²) in [6.07, 6.45) is 2.64. The van der Waals surface area contributed by atoms with Gasteiger partial charge in [0.2, 0.25) is 5.91 Å². The van der Waals surface area contributed by atoms with E-state index in [9.17, 15) is 14.7 Å². The van der Waals surface area contributed by atoms with E-state index in [1.807, 2.05) is 18.2 Å². The molecule has 1 aromatic carbocycles. The largest absolute Gasteiger partial charge is 0.481 e. The Balaban J connectivity index is 1.33. The SMILES string of the molecule is O=C(O)[C@H]1CCC[C@@H](C(=O)Nc2nc3c(s2)CN(Cc2ccccc2)C3)C1. The molecule has 0 saturated heterocycles. The average Bonchev–Trinajstić information content (AvgIpc) is 3.20. The molecule has 0 bridgehead atoms. The van der Waals surface area contributed by atoms with Gasteiger partial charge in [-0.3, -0.25) is 14.5 Å². The smallest absolute Gasteiger partial charge is 0.306 e. The van der Waals surface area contributed by atoms with Gasteiger partial charge < -0.3 is 10.4 Å². The van der Waals surface area contributed by atoms with E-state index in [0.29, 0.717) is 18.0 Å². The minimum absolute atomic E-state index is 0.0884. The van der Waals surface area contributed by atoms with Gasteiger partial charge in [-0.15, -0.1) is 11.3 Å². The molecule has 1 aliphatic carbocycles.